The molecule has 0 aliphatic carbocycles. The van der Waals surface area contributed by atoms with Crippen molar-refractivity contribution in [3.05, 3.63) is 83.4 Å². The molecule has 3 aromatic carbocycles. The highest BCUT2D eigenvalue weighted by Gasteiger charge is 2.18. The first kappa shape index (κ1) is 21.6. The van der Waals surface area contributed by atoms with Crippen LogP contribution in [0.2, 0.25) is 0 Å². The van der Waals surface area contributed by atoms with Crippen LogP contribution in [0.5, 0.6) is 23.0 Å². The van der Waals surface area contributed by atoms with E-state index in [1.165, 1.54) is 0 Å². The molecule has 1 aliphatic heterocycles. The first-order chi connectivity index (χ1) is 15.6. The van der Waals surface area contributed by atoms with Crippen LogP contribution in [0.3, 0.4) is 0 Å². The van der Waals surface area contributed by atoms with E-state index in [0.29, 0.717) is 25.0 Å². The number of ether oxygens (including phenoxy) is 4. The molecule has 0 saturated heterocycles. The lowest BCUT2D eigenvalue weighted by atomic mass is 9.98. The predicted molar refractivity (Wildman–Crippen MR) is 122 cm³/mol. The van der Waals surface area contributed by atoms with Gasteiger partial charge in [0.25, 0.3) is 5.91 Å². The first-order valence-electron chi connectivity index (χ1n) is 10.7. The molecule has 6 nitrogen and oxygen atoms in total. The predicted octanol–water partition coefficient (Wildman–Crippen LogP) is 4.41. The van der Waals surface area contributed by atoms with Crippen LogP contribution >= 0.6 is 0 Å². The smallest absolute Gasteiger partial charge is 0.251 e. The van der Waals surface area contributed by atoms with Crippen LogP contribution in [0.25, 0.3) is 0 Å². The molecule has 1 N–H and O–H groups in total. The fourth-order valence-corrected chi connectivity index (χ4v) is 3.71. The van der Waals surface area contributed by atoms with Gasteiger partial charge in [0.1, 0.15) is 11.5 Å². The number of benzene rings is 3. The summed E-state index contributed by atoms with van der Waals surface area (Å²) in [5.41, 5.74) is 2.78. The molecule has 6 heteroatoms. The molecule has 32 heavy (non-hydrogen) atoms. The molecule has 1 atom stereocenters. The van der Waals surface area contributed by atoms with Gasteiger partial charge in [-0.05, 0) is 79.4 Å². The van der Waals surface area contributed by atoms with E-state index in [2.05, 4.69) is 5.32 Å². The lowest BCUT2D eigenvalue weighted by molar-refractivity contribution is 0.0936. The third-order valence-corrected chi connectivity index (χ3v) is 5.32. The molecule has 0 fully saturated rings. The van der Waals surface area contributed by atoms with Gasteiger partial charge < -0.3 is 24.3 Å². The van der Waals surface area contributed by atoms with Crippen LogP contribution in [-0.4, -0.2) is 32.5 Å². The molecule has 1 aliphatic rings. The van der Waals surface area contributed by atoms with Crippen molar-refractivity contribution in [2.45, 2.75) is 25.8 Å². The van der Waals surface area contributed by atoms with Gasteiger partial charge in [-0.3, -0.25) is 4.79 Å². The molecule has 1 amide bonds. The Labute approximate surface area is 188 Å². The number of fused-ring (bicyclic) bond motifs is 1. The maximum absolute atomic E-state index is 13.0. The van der Waals surface area contributed by atoms with E-state index in [1.807, 2.05) is 61.5 Å². The van der Waals surface area contributed by atoms with E-state index >= 15 is 0 Å². The molecule has 0 aromatic heterocycles. The fourth-order valence-electron chi connectivity index (χ4n) is 3.71. The summed E-state index contributed by atoms with van der Waals surface area (Å²) in [6.45, 7) is 2.76. The molecule has 1 heterocycles. The Morgan fingerprint density at radius 2 is 1.56 bits per heavy atom. The summed E-state index contributed by atoms with van der Waals surface area (Å²) < 4.78 is 21.6. The number of hydrogen-bond donors (Lipinski definition) is 1. The molecule has 0 saturated carbocycles. The largest absolute Gasteiger partial charge is 0.497 e. The van der Waals surface area contributed by atoms with Gasteiger partial charge in [-0.15, -0.1) is 0 Å². The van der Waals surface area contributed by atoms with Gasteiger partial charge in [-0.1, -0.05) is 18.2 Å². The highest BCUT2D eigenvalue weighted by molar-refractivity contribution is 5.94. The van der Waals surface area contributed by atoms with Gasteiger partial charge in [-0.2, -0.15) is 0 Å². The molecule has 0 unspecified atom stereocenters. The monoisotopic (exact) mass is 433 g/mol. The Kier molecular flexibility index (Phi) is 6.80. The van der Waals surface area contributed by atoms with Crippen LogP contribution in [-0.2, 0) is 12.8 Å². The summed E-state index contributed by atoms with van der Waals surface area (Å²) in [5, 5.41) is 3.19. The molecule has 0 spiro atoms. The van der Waals surface area contributed by atoms with Crippen molar-refractivity contribution >= 4 is 5.91 Å². The average molecular weight is 434 g/mol. The summed E-state index contributed by atoms with van der Waals surface area (Å²) in [7, 11) is 1.65. The van der Waals surface area contributed by atoms with E-state index in [1.54, 1.807) is 19.2 Å². The van der Waals surface area contributed by atoms with E-state index in [9.17, 15) is 4.79 Å². The zero-order valence-corrected chi connectivity index (χ0v) is 18.3. The third-order valence-electron chi connectivity index (χ3n) is 5.32. The Morgan fingerprint density at radius 3 is 2.28 bits per heavy atom. The lowest BCUT2D eigenvalue weighted by Crippen LogP contribution is -2.38. The minimum absolute atomic E-state index is 0.108. The minimum Gasteiger partial charge on any atom is -0.497 e. The second kappa shape index (κ2) is 10.1. The quantitative estimate of drug-likeness (QED) is 0.542. The molecular weight excluding hydrogens is 406 g/mol. The SMILES string of the molecule is CCOc1ccc(C(=O)N[C@@H](Cc2ccc(OC)cc2)Cc2ccc3c(c2)OCO3)cc1. The van der Waals surface area contributed by atoms with E-state index in [0.717, 1.165) is 34.1 Å². The summed E-state index contributed by atoms with van der Waals surface area (Å²) in [5.74, 6) is 2.92. The van der Waals surface area contributed by atoms with E-state index < -0.39 is 0 Å². The summed E-state index contributed by atoms with van der Waals surface area (Å²) in [4.78, 5) is 13.0. The second-order valence-corrected chi connectivity index (χ2v) is 7.57. The topological polar surface area (TPSA) is 66.0 Å². The number of methoxy groups -OCH3 is 1. The molecule has 0 bridgehead atoms. The third kappa shape index (κ3) is 5.32. The van der Waals surface area contributed by atoms with Crippen molar-refractivity contribution in [3.63, 3.8) is 0 Å². The van der Waals surface area contributed by atoms with Gasteiger partial charge in [0, 0.05) is 11.6 Å². The maximum atomic E-state index is 13.0. The van der Waals surface area contributed by atoms with E-state index in [-0.39, 0.29) is 18.7 Å². The number of hydrogen-bond acceptors (Lipinski definition) is 5. The highest BCUT2D eigenvalue weighted by Crippen LogP contribution is 2.33. The number of rotatable bonds is 9. The zero-order valence-electron chi connectivity index (χ0n) is 18.3. The number of nitrogens with one attached hydrogen (secondary N) is 1. The van der Waals surface area contributed by atoms with E-state index in [4.69, 9.17) is 18.9 Å². The van der Waals surface area contributed by atoms with Crippen molar-refractivity contribution in [3.8, 4) is 23.0 Å². The van der Waals surface area contributed by atoms with Crippen molar-refractivity contribution in [2.24, 2.45) is 0 Å². The van der Waals surface area contributed by atoms with Gasteiger partial charge in [0.2, 0.25) is 6.79 Å². The first-order valence-corrected chi connectivity index (χ1v) is 10.7. The molecular formula is C26H27NO5. The lowest BCUT2D eigenvalue weighted by Gasteiger charge is -2.20. The second-order valence-electron chi connectivity index (χ2n) is 7.57. The minimum atomic E-state index is -0.118. The van der Waals surface area contributed by atoms with Crippen LogP contribution in [0, 0.1) is 0 Å². The maximum Gasteiger partial charge on any atom is 0.251 e. The van der Waals surface area contributed by atoms with Crippen LogP contribution in [0.4, 0.5) is 0 Å². The molecule has 0 radical (unpaired) electrons. The Morgan fingerprint density at radius 1 is 0.906 bits per heavy atom. The van der Waals surface area contributed by atoms with Gasteiger partial charge in [0.15, 0.2) is 11.5 Å². The van der Waals surface area contributed by atoms with Crippen molar-refractivity contribution < 1.29 is 23.7 Å². The zero-order chi connectivity index (χ0) is 22.3. The van der Waals surface area contributed by atoms with Gasteiger partial charge >= 0.3 is 0 Å². The Bertz CT molecular complexity index is 1050. The molecule has 166 valence electrons. The standard InChI is InChI=1S/C26H27NO5/c1-3-30-23-11-7-20(8-12-23)26(28)27-21(14-18-4-9-22(29-2)10-5-18)15-19-6-13-24-25(16-19)32-17-31-24/h4-13,16,21H,3,14-15,17H2,1-2H3,(H,27,28)/t21-/m0/s1. The van der Waals surface area contributed by atoms with Crippen molar-refractivity contribution in [1.29, 1.82) is 0 Å². The van der Waals surface area contributed by atoms with Crippen LogP contribution in [0.15, 0.2) is 66.7 Å². The van der Waals surface area contributed by atoms with Gasteiger partial charge in [-0.25, -0.2) is 0 Å². The van der Waals surface area contributed by atoms with Gasteiger partial charge in [0.05, 0.1) is 13.7 Å². The fraction of sp³-hybridized carbons (Fsp3) is 0.269. The number of carbonyl (C=O) groups is 1. The van der Waals surface area contributed by atoms with Crippen LogP contribution < -0.4 is 24.3 Å². The Hall–Kier alpha value is -3.67. The van der Waals surface area contributed by atoms with Crippen LogP contribution in [0.1, 0.15) is 28.4 Å². The normalized spacial score (nSPS) is 12.8. The molecule has 4 rings (SSSR count). The highest BCUT2D eigenvalue weighted by atomic mass is 16.7. The summed E-state index contributed by atoms with van der Waals surface area (Å²) in [6.07, 6.45) is 1.34. The Balaban J connectivity index is 1.51. The summed E-state index contributed by atoms with van der Waals surface area (Å²) in [6, 6.07) is 20.9. The van der Waals surface area contributed by atoms with Crippen molar-refractivity contribution in [2.75, 3.05) is 20.5 Å². The van der Waals surface area contributed by atoms with Crippen molar-refractivity contribution in [1.82, 2.24) is 5.32 Å². The average Bonchev–Trinajstić information content (AvgIpc) is 3.28. The number of amides is 1. The summed E-state index contributed by atoms with van der Waals surface area (Å²) >= 11 is 0. The molecule has 3 aromatic rings. The number of carbonyl (C=O) groups excluding carboxylic acids is 1.